The number of anilines is 1. The Bertz CT molecular complexity index is 579. The molecule has 2 aliphatic heterocycles. The van der Waals surface area contributed by atoms with Crippen molar-refractivity contribution in [1.82, 2.24) is 0 Å². The SMILES string of the molecule is C1=C\C=c2/c(ccc3c2=NCCC3)N\C=C/1. The van der Waals surface area contributed by atoms with E-state index in [1.54, 1.807) is 0 Å². The summed E-state index contributed by atoms with van der Waals surface area (Å²) in [4.78, 5) is 4.65. The molecular formula is C14H14N2. The number of aryl methyl sites for hydroxylation is 1. The lowest BCUT2D eigenvalue weighted by Gasteiger charge is -2.11. The maximum Gasteiger partial charge on any atom is 0.0699 e. The summed E-state index contributed by atoms with van der Waals surface area (Å²) >= 11 is 0. The highest BCUT2D eigenvalue weighted by Gasteiger charge is 2.06. The molecule has 1 aromatic rings. The molecule has 0 aromatic heterocycles. The van der Waals surface area contributed by atoms with Gasteiger partial charge in [0, 0.05) is 23.7 Å². The summed E-state index contributed by atoms with van der Waals surface area (Å²) in [5.41, 5.74) is 2.52. The van der Waals surface area contributed by atoms with Crippen molar-refractivity contribution < 1.29 is 0 Å². The van der Waals surface area contributed by atoms with E-state index in [4.69, 9.17) is 0 Å². The highest BCUT2D eigenvalue weighted by atomic mass is 14.8. The minimum absolute atomic E-state index is 0.955. The highest BCUT2D eigenvalue weighted by Crippen LogP contribution is 2.06. The molecule has 0 bridgehead atoms. The molecule has 2 heterocycles. The van der Waals surface area contributed by atoms with Gasteiger partial charge in [-0.05, 0) is 30.5 Å². The minimum Gasteiger partial charge on any atom is -0.361 e. The van der Waals surface area contributed by atoms with Crippen molar-refractivity contribution in [1.29, 1.82) is 0 Å². The van der Waals surface area contributed by atoms with Gasteiger partial charge in [0.25, 0.3) is 0 Å². The van der Waals surface area contributed by atoms with Gasteiger partial charge in [0.2, 0.25) is 0 Å². The molecule has 0 amide bonds. The van der Waals surface area contributed by atoms with Crippen LogP contribution >= 0.6 is 0 Å². The Labute approximate surface area is 94.7 Å². The third-order valence-corrected chi connectivity index (χ3v) is 2.99. The number of nitrogens with one attached hydrogen (secondary N) is 1. The predicted octanol–water partition coefficient (Wildman–Crippen LogP) is 1.53. The van der Waals surface area contributed by atoms with Crippen LogP contribution in [0.15, 0.2) is 41.6 Å². The number of hydrogen-bond acceptors (Lipinski definition) is 2. The average Bonchev–Trinajstić information content (AvgIpc) is 2.29. The summed E-state index contributed by atoms with van der Waals surface area (Å²) in [6, 6.07) is 4.34. The Morgan fingerprint density at radius 3 is 3.12 bits per heavy atom. The lowest BCUT2D eigenvalue weighted by atomic mass is 10.0. The maximum atomic E-state index is 4.65. The molecule has 2 aliphatic rings. The van der Waals surface area contributed by atoms with Gasteiger partial charge in [-0.15, -0.1) is 0 Å². The monoisotopic (exact) mass is 210 g/mol. The fourth-order valence-corrected chi connectivity index (χ4v) is 2.21. The summed E-state index contributed by atoms with van der Waals surface area (Å²) in [5, 5.41) is 5.69. The summed E-state index contributed by atoms with van der Waals surface area (Å²) in [5.74, 6) is 0. The molecule has 0 radical (unpaired) electrons. The van der Waals surface area contributed by atoms with Crippen molar-refractivity contribution in [2.45, 2.75) is 12.8 Å². The van der Waals surface area contributed by atoms with E-state index in [9.17, 15) is 0 Å². The average molecular weight is 210 g/mol. The van der Waals surface area contributed by atoms with Gasteiger partial charge in [0.1, 0.15) is 0 Å². The van der Waals surface area contributed by atoms with E-state index in [0.717, 1.165) is 18.7 Å². The smallest absolute Gasteiger partial charge is 0.0699 e. The van der Waals surface area contributed by atoms with Crippen molar-refractivity contribution >= 4 is 11.8 Å². The zero-order chi connectivity index (χ0) is 10.8. The van der Waals surface area contributed by atoms with Gasteiger partial charge in [-0.2, -0.15) is 0 Å². The zero-order valence-corrected chi connectivity index (χ0v) is 9.11. The third kappa shape index (κ3) is 1.56. The molecule has 2 heteroatoms. The predicted molar refractivity (Wildman–Crippen MR) is 66.8 cm³/mol. The molecule has 0 saturated carbocycles. The molecule has 0 atom stereocenters. The molecule has 2 nitrogen and oxygen atoms in total. The summed E-state index contributed by atoms with van der Waals surface area (Å²) in [6.07, 6.45) is 12.5. The Hall–Kier alpha value is -1.83. The van der Waals surface area contributed by atoms with Gasteiger partial charge in [0.05, 0.1) is 5.36 Å². The number of hydrogen-bond donors (Lipinski definition) is 1. The molecule has 0 aliphatic carbocycles. The second-order valence-corrected chi connectivity index (χ2v) is 4.07. The molecular weight excluding hydrogens is 196 g/mol. The second-order valence-electron chi connectivity index (χ2n) is 4.07. The van der Waals surface area contributed by atoms with Crippen molar-refractivity contribution in [3.63, 3.8) is 0 Å². The van der Waals surface area contributed by atoms with E-state index in [-0.39, 0.29) is 0 Å². The number of rotatable bonds is 0. The number of allylic oxidation sites excluding steroid dienone is 3. The Balaban J connectivity index is 2.33. The van der Waals surface area contributed by atoms with Crippen LogP contribution in [-0.4, -0.2) is 6.54 Å². The molecule has 0 spiro atoms. The fraction of sp³-hybridized carbons (Fsp3) is 0.214. The normalized spacial score (nSPS) is 23.1. The lowest BCUT2D eigenvalue weighted by molar-refractivity contribution is 0.766. The van der Waals surface area contributed by atoms with Crippen LogP contribution in [0.25, 0.3) is 6.08 Å². The molecule has 0 saturated heterocycles. The quantitative estimate of drug-likeness (QED) is 0.690. The van der Waals surface area contributed by atoms with Crippen molar-refractivity contribution in [2.75, 3.05) is 11.9 Å². The third-order valence-electron chi connectivity index (χ3n) is 2.99. The molecule has 1 N–H and O–H groups in total. The van der Waals surface area contributed by atoms with Crippen LogP contribution in [-0.2, 0) is 6.42 Å². The molecule has 0 fully saturated rings. The summed E-state index contributed by atoms with van der Waals surface area (Å²) < 4.78 is 0. The van der Waals surface area contributed by atoms with Gasteiger partial charge >= 0.3 is 0 Å². The van der Waals surface area contributed by atoms with Crippen LogP contribution in [0.2, 0.25) is 0 Å². The first kappa shape index (κ1) is 9.40. The van der Waals surface area contributed by atoms with E-state index in [1.807, 2.05) is 18.4 Å². The molecule has 0 unspecified atom stereocenters. The Morgan fingerprint density at radius 1 is 1.12 bits per heavy atom. The molecule has 1 aromatic carbocycles. The van der Waals surface area contributed by atoms with Gasteiger partial charge in [0.15, 0.2) is 0 Å². The van der Waals surface area contributed by atoms with E-state index in [2.05, 4.69) is 34.6 Å². The summed E-state index contributed by atoms with van der Waals surface area (Å²) in [7, 11) is 0. The van der Waals surface area contributed by atoms with E-state index >= 15 is 0 Å². The maximum absolute atomic E-state index is 4.65. The topological polar surface area (TPSA) is 24.4 Å². The van der Waals surface area contributed by atoms with Crippen LogP contribution < -0.4 is 15.9 Å². The fourth-order valence-electron chi connectivity index (χ4n) is 2.21. The largest absolute Gasteiger partial charge is 0.361 e. The van der Waals surface area contributed by atoms with Gasteiger partial charge in [-0.1, -0.05) is 24.3 Å². The Morgan fingerprint density at radius 2 is 2.12 bits per heavy atom. The number of nitrogens with zero attached hydrogens (tertiary/aromatic N) is 1. The number of benzene rings is 1. The van der Waals surface area contributed by atoms with E-state index in [1.165, 1.54) is 22.6 Å². The van der Waals surface area contributed by atoms with Crippen LogP contribution in [0.1, 0.15) is 12.0 Å². The minimum atomic E-state index is 0.955. The first-order chi connectivity index (χ1) is 7.95. The van der Waals surface area contributed by atoms with Crippen molar-refractivity contribution in [3.05, 3.63) is 52.7 Å². The molecule has 16 heavy (non-hydrogen) atoms. The van der Waals surface area contributed by atoms with E-state index in [0.29, 0.717) is 0 Å². The first-order valence-electron chi connectivity index (χ1n) is 5.71. The van der Waals surface area contributed by atoms with Crippen LogP contribution in [0, 0.1) is 0 Å². The zero-order valence-electron chi connectivity index (χ0n) is 9.11. The van der Waals surface area contributed by atoms with Crippen LogP contribution in [0.5, 0.6) is 0 Å². The van der Waals surface area contributed by atoms with Crippen LogP contribution in [0.3, 0.4) is 0 Å². The van der Waals surface area contributed by atoms with Gasteiger partial charge in [-0.3, -0.25) is 4.99 Å². The Kier molecular flexibility index (Phi) is 2.33. The van der Waals surface area contributed by atoms with Gasteiger partial charge in [-0.25, -0.2) is 0 Å². The van der Waals surface area contributed by atoms with Crippen molar-refractivity contribution in [3.8, 4) is 0 Å². The number of fused-ring (bicyclic) bond motifs is 3. The second kappa shape index (κ2) is 3.97. The highest BCUT2D eigenvalue weighted by molar-refractivity contribution is 5.56. The first-order valence-corrected chi connectivity index (χ1v) is 5.71. The van der Waals surface area contributed by atoms with E-state index < -0.39 is 0 Å². The lowest BCUT2D eigenvalue weighted by Crippen LogP contribution is -2.33. The standard InChI is InChI=1S/C14H14N2/c1-2-6-12-13(15-9-3-1)8-7-11-5-4-10-16-14(11)12/h1-3,6-9,15H,4-5,10H2/b2-1-,9-3-,12-6+. The molecule has 80 valence electrons. The summed E-state index contributed by atoms with van der Waals surface area (Å²) in [6.45, 7) is 0.955. The van der Waals surface area contributed by atoms with Gasteiger partial charge < -0.3 is 5.32 Å². The van der Waals surface area contributed by atoms with Crippen molar-refractivity contribution in [2.24, 2.45) is 4.99 Å². The van der Waals surface area contributed by atoms with Crippen LogP contribution in [0.4, 0.5) is 5.69 Å². The molecule has 3 rings (SSSR count).